The quantitative estimate of drug-likeness (QED) is 0.156. The lowest BCUT2D eigenvalue weighted by atomic mass is 9.99. The van der Waals surface area contributed by atoms with Gasteiger partial charge in [-0.25, -0.2) is 0 Å². The summed E-state index contributed by atoms with van der Waals surface area (Å²) in [5.41, 5.74) is 1.52. The van der Waals surface area contributed by atoms with E-state index in [0.717, 1.165) is 0 Å². The maximum atomic E-state index is 2.43. The molecule has 0 heterocycles. The highest BCUT2D eigenvalue weighted by Gasteiger charge is 2.00. The zero-order valence-corrected chi connectivity index (χ0v) is 20.4. The first-order chi connectivity index (χ1) is 15.4. The predicted molar refractivity (Wildman–Crippen MR) is 141 cm³/mol. The summed E-state index contributed by atoms with van der Waals surface area (Å²) in [4.78, 5) is 0. The zero-order valence-electron chi connectivity index (χ0n) is 20.4. The van der Waals surface area contributed by atoms with Gasteiger partial charge in [-0.3, -0.25) is 0 Å². The van der Waals surface area contributed by atoms with Crippen LogP contribution in [-0.2, 0) is 6.42 Å². The number of rotatable bonds is 19. The fourth-order valence-electron chi connectivity index (χ4n) is 4.60. The van der Waals surface area contributed by atoms with Gasteiger partial charge in [0.05, 0.1) is 0 Å². The SMILES string of the molecule is CCCCCCCCCCCCC/C=C/CCCCCCc1cccc2ccccc12. The third-order valence-electron chi connectivity index (χ3n) is 6.59. The molecule has 0 aromatic heterocycles. The van der Waals surface area contributed by atoms with E-state index >= 15 is 0 Å². The Morgan fingerprint density at radius 1 is 0.516 bits per heavy atom. The second-order valence-corrected chi connectivity index (χ2v) is 9.39. The predicted octanol–water partition coefficient (Wildman–Crippen LogP) is 10.6. The van der Waals surface area contributed by atoms with Crippen LogP contribution >= 0.6 is 0 Å². The molecule has 0 unspecified atom stereocenters. The molecule has 2 aromatic carbocycles. The van der Waals surface area contributed by atoms with E-state index in [0.29, 0.717) is 0 Å². The molecule has 0 aliphatic carbocycles. The molecule has 0 heteroatoms. The van der Waals surface area contributed by atoms with Gasteiger partial charge in [0.25, 0.3) is 0 Å². The molecule has 0 radical (unpaired) electrons. The molecule has 0 saturated carbocycles. The molecule has 0 nitrogen and oxygen atoms in total. The minimum Gasteiger partial charge on any atom is -0.0885 e. The molecule has 0 saturated heterocycles. The van der Waals surface area contributed by atoms with E-state index in [9.17, 15) is 0 Å². The van der Waals surface area contributed by atoms with Crippen molar-refractivity contribution in [3.8, 4) is 0 Å². The highest BCUT2D eigenvalue weighted by molar-refractivity contribution is 5.85. The van der Waals surface area contributed by atoms with Crippen molar-refractivity contribution < 1.29 is 0 Å². The van der Waals surface area contributed by atoms with Crippen LogP contribution in [0.1, 0.15) is 122 Å². The molecule has 2 rings (SSSR count). The maximum absolute atomic E-state index is 2.43. The lowest BCUT2D eigenvalue weighted by Crippen LogP contribution is -1.88. The Morgan fingerprint density at radius 3 is 1.68 bits per heavy atom. The van der Waals surface area contributed by atoms with Crippen molar-refractivity contribution in [2.45, 2.75) is 122 Å². The average molecular weight is 421 g/mol. The van der Waals surface area contributed by atoms with E-state index in [1.165, 1.54) is 132 Å². The number of unbranched alkanes of at least 4 members (excludes halogenated alkanes) is 15. The van der Waals surface area contributed by atoms with Crippen LogP contribution in [0.2, 0.25) is 0 Å². The Labute approximate surface area is 193 Å². The van der Waals surface area contributed by atoms with Crippen LogP contribution in [-0.4, -0.2) is 0 Å². The van der Waals surface area contributed by atoms with Crippen LogP contribution in [0.15, 0.2) is 54.6 Å². The van der Waals surface area contributed by atoms with Crippen molar-refractivity contribution in [3.63, 3.8) is 0 Å². The van der Waals surface area contributed by atoms with E-state index in [1.807, 2.05) is 0 Å². The second-order valence-electron chi connectivity index (χ2n) is 9.39. The molecule has 31 heavy (non-hydrogen) atoms. The number of benzene rings is 2. The van der Waals surface area contributed by atoms with Crippen LogP contribution in [0.25, 0.3) is 10.8 Å². The zero-order chi connectivity index (χ0) is 21.8. The molecule has 0 spiro atoms. The highest BCUT2D eigenvalue weighted by atomic mass is 14.0. The van der Waals surface area contributed by atoms with E-state index in [-0.39, 0.29) is 0 Å². The summed E-state index contributed by atoms with van der Waals surface area (Å²) in [6.45, 7) is 2.30. The van der Waals surface area contributed by atoms with Crippen molar-refractivity contribution in [3.05, 3.63) is 60.2 Å². The van der Waals surface area contributed by atoms with Crippen molar-refractivity contribution in [2.24, 2.45) is 0 Å². The van der Waals surface area contributed by atoms with Gasteiger partial charge in [0, 0.05) is 0 Å². The average Bonchev–Trinajstić information content (AvgIpc) is 2.80. The van der Waals surface area contributed by atoms with E-state index in [4.69, 9.17) is 0 Å². The Balaban J connectivity index is 1.35. The van der Waals surface area contributed by atoms with Crippen LogP contribution in [0.3, 0.4) is 0 Å². The summed E-state index contributed by atoms with van der Waals surface area (Å²) in [7, 11) is 0. The van der Waals surface area contributed by atoms with Crippen LogP contribution in [0, 0.1) is 0 Å². The topological polar surface area (TPSA) is 0 Å². The van der Waals surface area contributed by atoms with Crippen LogP contribution in [0.5, 0.6) is 0 Å². The van der Waals surface area contributed by atoms with Crippen molar-refractivity contribution in [2.75, 3.05) is 0 Å². The summed E-state index contributed by atoms with van der Waals surface area (Å²) in [6.07, 6.45) is 29.8. The number of hydrogen-bond donors (Lipinski definition) is 0. The van der Waals surface area contributed by atoms with Crippen molar-refractivity contribution in [1.82, 2.24) is 0 Å². The summed E-state index contributed by atoms with van der Waals surface area (Å²) in [5.74, 6) is 0. The van der Waals surface area contributed by atoms with Gasteiger partial charge in [-0.2, -0.15) is 0 Å². The minimum atomic E-state index is 1.22. The summed E-state index contributed by atoms with van der Waals surface area (Å²) in [6, 6.07) is 15.5. The monoisotopic (exact) mass is 420 g/mol. The molecule has 2 aromatic rings. The first-order valence-electron chi connectivity index (χ1n) is 13.5. The molecule has 0 aliphatic rings. The Kier molecular flexibility index (Phi) is 15.0. The maximum Gasteiger partial charge on any atom is -0.0152 e. The third-order valence-corrected chi connectivity index (χ3v) is 6.59. The van der Waals surface area contributed by atoms with Gasteiger partial charge in [0.2, 0.25) is 0 Å². The van der Waals surface area contributed by atoms with Crippen LogP contribution in [0.4, 0.5) is 0 Å². The van der Waals surface area contributed by atoms with Gasteiger partial charge in [-0.15, -0.1) is 0 Å². The second kappa shape index (κ2) is 18.1. The van der Waals surface area contributed by atoms with Crippen molar-refractivity contribution in [1.29, 1.82) is 0 Å². The Bertz CT molecular complexity index is 691. The normalized spacial score (nSPS) is 11.6. The van der Waals surface area contributed by atoms with Gasteiger partial charge in [0.15, 0.2) is 0 Å². The highest BCUT2D eigenvalue weighted by Crippen LogP contribution is 2.20. The molecule has 0 aliphatic heterocycles. The molecular weight excluding hydrogens is 372 g/mol. The standard InChI is InChI=1S/C31H48/c1-2-3-4-5-6-7-8-9-10-11-12-13-14-15-16-17-18-19-20-24-29-26-23-27-30-25-21-22-28-31(29)30/h14-15,21-23,25-28H,2-13,16-20,24H2,1H3/b15-14+. The number of allylic oxidation sites excluding steroid dienone is 2. The first-order valence-corrected chi connectivity index (χ1v) is 13.5. The minimum absolute atomic E-state index is 1.22. The summed E-state index contributed by atoms with van der Waals surface area (Å²) >= 11 is 0. The molecule has 0 bridgehead atoms. The molecule has 0 N–H and O–H groups in total. The lowest BCUT2D eigenvalue weighted by molar-refractivity contribution is 0.550. The van der Waals surface area contributed by atoms with Crippen LogP contribution < -0.4 is 0 Å². The van der Waals surface area contributed by atoms with Gasteiger partial charge in [0.1, 0.15) is 0 Å². The first kappa shape index (κ1) is 25.7. The molecule has 0 amide bonds. The Hall–Kier alpha value is -1.56. The smallest absolute Gasteiger partial charge is 0.0152 e. The van der Waals surface area contributed by atoms with E-state index in [1.54, 1.807) is 0 Å². The summed E-state index contributed by atoms with van der Waals surface area (Å²) < 4.78 is 0. The van der Waals surface area contributed by atoms with Gasteiger partial charge in [-0.1, -0.05) is 139 Å². The number of fused-ring (bicyclic) bond motifs is 1. The van der Waals surface area contributed by atoms with E-state index < -0.39 is 0 Å². The number of hydrogen-bond acceptors (Lipinski definition) is 0. The third kappa shape index (κ3) is 12.2. The van der Waals surface area contributed by atoms with Crippen molar-refractivity contribution >= 4 is 10.8 Å². The fraction of sp³-hybridized carbons (Fsp3) is 0.613. The molecule has 0 atom stereocenters. The van der Waals surface area contributed by atoms with Gasteiger partial charge in [-0.05, 0) is 54.9 Å². The molecule has 0 fully saturated rings. The largest absolute Gasteiger partial charge is 0.0885 e. The summed E-state index contributed by atoms with van der Waals surface area (Å²) in [5, 5.41) is 2.82. The Morgan fingerprint density at radius 2 is 1.03 bits per heavy atom. The fourth-order valence-corrected chi connectivity index (χ4v) is 4.60. The van der Waals surface area contributed by atoms with E-state index in [2.05, 4.69) is 61.5 Å². The number of aryl methyl sites for hydroxylation is 1. The molecule has 172 valence electrons. The van der Waals surface area contributed by atoms with Gasteiger partial charge < -0.3 is 0 Å². The lowest BCUT2D eigenvalue weighted by Gasteiger charge is -2.06. The molecular formula is C31H48. The van der Waals surface area contributed by atoms with Gasteiger partial charge >= 0.3 is 0 Å².